The van der Waals surface area contributed by atoms with Gasteiger partial charge in [0.1, 0.15) is 6.61 Å². The molecule has 16 heavy (non-hydrogen) atoms. The van der Waals surface area contributed by atoms with Gasteiger partial charge in [0.15, 0.2) is 0 Å². The topological polar surface area (TPSA) is 66.8 Å². The summed E-state index contributed by atoms with van der Waals surface area (Å²) in [6.07, 6.45) is 2.66. The number of piperidine rings is 2. The smallest absolute Gasteiger partial charge is 0.410 e. The minimum atomic E-state index is -0.815. The summed E-state index contributed by atoms with van der Waals surface area (Å²) in [5.74, 6) is -1.00. The van der Waals surface area contributed by atoms with E-state index in [1.54, 1.807) is 4.90 Å². The van der Waals surface area contributed by atoms with E-state index in [1.165, 1.54) is 6.08 Å². The zero-order valence-electron chi connectivity index (χ0n) is 8.96. The molecule has 0 aromatic heterocycles. The molecular formula is C11H15NO4. The van der Waals surface area contributed by atoms with Crippen LogP contribution in [-0.2, 0) is 9.53 Å². The van der Waals surface area contributed by atoms with Crippen molar-refractivity contribution in [3.05, 3.63) is 12.7 Å². The SMILES string of the molecule is C=CCOC(=O)N1CC(C(=O)O)C2CC1C2. The fourth-order valence-electron chi connectivity index (χ4n) is 2.44. The Kier molecular flexibility index (Phi) is 2.85. The average Bonchev–Trinajstić information content (AvgIpc) is 2.23. The van der Waals surface area contributed by atoms with Crippen LogP contribution >= 0.6 is 0 Å². The molecule has 0 aromatic carbocycles. The zero-order chi connectivity index (χ0) is 11.7. The Morgan fingerprint density at radius 3 is 2.75 bits per heavy atom. The molecular weight excluding hydrogens is 210 g/mol. The van der Waals surface area contributed by atoms with Crippen LogP contribution < -0.4 is 0 Å². The van der Waals surface area contributed by atoms with Crippen LogP contribution in [0.25, 0.3) is 0 Å². The molecule has 5 heteroatoms. The van der Waals surface area contributed by atoms with E-state index in [2.05, 4.69) is 6.58 Å². The van der Waals surface area contributed by atoms with E-state index in [1.807, 2.05) is 0 Å². The molecule has 5 nitrogen and oxygen atoms in total. The zero-order valence-corrected chi connectivity index (χ0v) is 8.96. The van der Waals surface area contributed by atoms with Gasteiger partial charge in [-0.2, -0.15) is 0 Å². The van der Waals surface area contributed by atoms with E-state index in [0.29, 0.717) is 0 Å². The molecule has 3 rings (SSSR count). The summed E-state index contributed by atoms with van der Waals surface area (Å²) in [4.78, 5) is 24.1. The molecule has 0 spiro atoms. The van der Waals surface area contributed by atoms with Gasteiger partial charge in [0.2, 0.25) is 0 Å². The van der Waals surface area contributed by atoms with Crippen molar-refractivity contribution in [1.29, 1.82) is 0 Å². The van der Waals surface area contributed by atoms with Gasteiger partial charge in [0, 0.05) is 12.6 Å². The van der Waals surface area contributed by atoms with Crippen molar-refractivity contribution in [1.82, 2.24) is 4.90 Å². The largest absolute Gasteiger partial charge is 0.481 e. The van der Waals surface area contributed by atoms with Crippen LogP contribution in [0.3, 0.4) is 0 Å². The van der Waals surface area contributed by atoms with Crippen LogP contribution in [0.4, 0.5) is 4.79 Å². The maximum atomic E-state index is 11.6. The first-order valence-electron chi connectivity index (χ1n) is 5.40. The molecule has 88 valence electrons. The highest BCUT2D eigenvalue weighted by atomic mass is 16.6. The second-order valence-corrected chi connectivity index (χ2v) is 4.35. The number of nitrogens with zero attached hydrogens (tertiary/aromatic N) is 1. The molecule has 1 N–H and O–H groups in total. The number of fused-ring (bicyclic) bond motifs is 2. The first kappa shape index (κ1) is 11.0. The highest BCUT2D eigenvalue weighted by Gasteiger charge is 2.49. The van der Waals surface area contributed by atoms with Crippen LogP contribution in [0.15, 0.2) is 12.7 Å². The van der Waals surface area contributed by atoms with E-state index >= 15 is 0 Å². The maximum Gasteiger partial charge on any atom is 0.410 e. The van der Waals surface area contributed by atoms with Crippen molar-refractivity contribution in [3.8, 4) is 0 Å². The lowest BCUT2D eigenvalue weighted by molar-refractivity contribution is -0.151. The fourth-order valence-corrected chi connectivity index (χ4v) is 2.44. The molecule has 1 aliphatic carbocycles. The number of aliphatic carboxylic acids is 1. The molecule has 0 aromatic rings. The van der Waals surface area contributed by atoms with E-state index in [-0.39, 0.29) is 25.1 Å². The summed E-state index contributed by atoms with van der Waals surface area (Å²) in [5, 5.41) is 9.01. The Hall–Kier alpha value is -1.52. The van der Waals surface area contributed by atoms with Gasteiger partial charge < -0.3 is 14.7 Å². The lowest BCUT2D eigenvalue weighted by Gasteiger charge is -2.51. The molecule has 1 amide bonds. The Labute approximate surface area is 93.7 Å². The second kappa shape index (κ2) is 4.15. The Morgan fingerprint density at radius 1 is 1.50 bits per heavy atom. The normalized spacial score (nSPS) is 31.5. The molecule has 2 bridgehead atoms. The van der Waals surface area contributed by atoms with Crippen molar-refractivity contribution >= 4 is 12.1 Å². The Bertz CT molecular complexity index is 322. The van der Waals surface area contributed by atoms with Crippen LogP contribution in [0.2, 0.25) is 0 Å². The fraction of sp³-hybridized carbons (Fsp3) is 0.636. The monoisotopic (exact) mass is 225 g/mol. The number of ether oxygens (including phenoxy) is 1. The van der Waals surface area contributed by atoms with Gasteiger partial charge in [-0.25, -0.2) is 4.79 Å². The van der Waals surface area contributed by atoms with Gasteiger partial charge in [-0.15, -0.1) is 0 Å². The highest BCUT2D eigenvalue weighted by molar-refractivity contribution is 5.74. The molecule has 2 saturated heterocycles. The third-order valence-electron chi connectivity index (χ3n) is 3.43. The molecule has 3 fully saturated rings. The number of rotatable bonds is 3. The number of carboxylic acids is 1. The van der Waals surface area contributed by atoms with Crippen molar-refractivity contribution in [3.63, 3.8) is 0 Å². The molecule has 2 aliphatic heterocycles. The van der Waals surface area contributed by atoms with Gasteiger partial charge in [-0.3, -0.25) is 4.79 Å². The molecule has 1 saturated carbocycles. The first-order valence-corrected chi connectivity index (χ1v) is 5.40. The summed E-state index contributed by atoms with van der Waals surface area (Å²) in [5.41, 5.74) is 0. The molecule has 2 heterocycles. The number of amides is 1. The molecule has 3 aliphatic rings. The summed E-state index contributed by atoms with van der Waals surface area (Å²) in [7, 11) is 0. The lowest BCUT2D eigenvalue weighted by atomic mass is 9.67. The number of carboxylic acid groups (broad SMARTS) is 1. The van der Waals surface area contributed by atoms with Crippen molar-refractivity contribution in [2.75, 3.05) is 13.2 Å². The molecule has 0 radical (unpaired) electrons. The van der Waals surface area contributed by atoms with E-state index < -0.39 is 18.0 Å². The predicted octanol–water partition coefficient (Wildman–Crippen LogP) is 1.10. The van der Waals surface area contributed by atoms with Gasteiger partial charge in [-0.1, -0.05) is 12.7 Å². The second-order valence-electron chi connectivity index (χ2n) is 4.35. The first-order chi connectivity index (χ1) is 7.63. The van der Waals surface area contributed by atoms with Gasteiger partial charge >= 0.3 is 12.1 Å². The van der Waals surface area contributed by atoms with E-state index in [9.17, 15) is 9.59 Å². The minimum Gasteiger partial charge on any atom is -0.481 e. The summed E-state index contributed by atoms with van der Waals surface area (Å²) < 4.78 is 4.93. The van der Waals surface area contributed by atoms with E-state index in [0.717, 1.165) is 12.8 Å². The highest BCUT2D eigenvalue weighted by Crippen LogP contribution is 2.43. The third-order valence-corrected chi connectivity index (χ3v) is 3.43. The number of hydrogen-bond acceptors (Lipinski definition) is 3. The van der Waals surface area contributed by atoms with Crippen molar-refractivity contribution in [2.45, 2.75) is 18.9 Å². The van der Waals surface area contributed by atoms with Gasteiger partial charge in [-0.05, 0) is 18.8 Å². The van der Waals surface area contributed by atoms with E-state index in [4.69, 9.17) is 9.84 Å². The Balaban J connectivity index is 1.97. The van der Waals surface area contributed by atoms with Crippen LogP contribution in [0.5, 0.6) is 0 Å². The van der Waals surface area contributed by atoms with Crippen LogP contribution in [-0.4, -0.2) is 41.3 Å². The Morgan fingerprint density at radius 2 is 2.19 bits per heavy atom. The standard InChI is InChI=1S/C11H15NO4/c1-2-3-16-11(15)12-6-9(10(13)14)7-4-8(12)5-7/h2,7-9H,1,3-6H2,(H,13,14). The van der Waals surface area contributed by atoms with Gasteiger partial charge in [0.05, 0.1) is 5.92 Å². The van der Waals surface area contributed by atoms with Crippen LogP contribution in [0.1, 0.15) is 12.8 Å². The van der Waals surface area contributed by atoms with Crippen molar-refractivity contribution in [2.24, 2.45) is 11.8 Å². The number of hydrogen-bond donors (Lipinski definition) is 1. The van der Waals surface area contributed by atoms with Crippen molar-refractivity contribution < 1.29 is 19.4 Å². The summed E-state index contributed by atoms with van der Waals surface area (Å²) in [6.45, 7) is 3.91. The third kappa shape index (κ3) is 1.77. The molecule has 1 unspecified atom stereocenters. The quantitative estimate of drug-likeness (QED) is 0.730. The predicted molar refractivity (Wildman–Crippen MR) is 55.9 cm³/mol. The lowest BCUT2D eigenvalue weighted by Crippen LogP contribution is -2.59. The number of carbonyl (C=O) groups excluding carboxylic acids is 1. The molecule has 1 atom stereocenters. The maximum absolute atomic E-state index is 11.6. The minimum absolute atomic E-state index is 0.170. The van der Waals surface area contributed by atoms with Gasteiger partial charge in [0.25, 0.3) is 0 Å². The summed E-state index contributed by atoms with van der Waals surface area (Å²) in [6, 6.07) is 0.179. The average molecular weight is 225 g/mol. The summed E-state index contributed by atoms with van der Waals surface area (Å²) >= 11 is 0. The van der Waals surface area contributed by atoms with Crippen LogP contribution in [0, 0.1) is 11.8 Å². The number of carbonyl (C=O) groups is 2.